The molecule has 2 unspecified atom stereocenters. The molecule has 128 valence electrons. The molecule has 2 heterocycles. The van der Waals surface area contributed by atoms with Crippen molar-refractivity contribution >= 4 is 11.7 Å². The number of rotatable bonds is 5. The number of para-hydroxylation sites is 1. The second-order valence-corrected chi connectivity index (χ2v) is 6.20. The molecule has 24 heavy (non-hydrogen) atoms. The van der Waals surface area contributed by atoms with Gasteiger partial charge >= 0.3 is 6.03 Å². The van der Waals surface area contributed by atoms with Gasteiger partial charge in [0.2, 0.25) is 0 Å². The van der Waals surface area contributed by atoms with Gasteiger partial charge in [-0.25, -0.2) is 4.79 Å². The van der Waals surface area contributed by atoms with E-state index in [1.165, 1.54) is 0 Å². The summed E-state index contributed by atoms with van der Waals surface area (Å²) in [4.78, 5) is 14.5. The van der Waals surface area contributed by atoms with Gasteiger partial charge in [0.05, 0.1) is 6.26 Å². The first kappa shape index (κ1) is 16.6. The number of anilines is 1. The van der Waals surface area contributed by atoms with Crippen molar-refractivity contribution in [1.82, 2.24) is 4.90 Å². The van der Waals surface area contributed by atoms with E-state index >= 15 is 0 Å². The van der Waals surface area contributed by atoms with E-state index < -0.39 is 6.10 Å². The van der Waals surface area contributed by atoms with Gasteiger partial charge in [-0.15, -0.1) is 0 Å². The molecule has 0 bridgehead atoms. The first-order valence-electron chi connectivity index (χ1n) is 8.56. The monoisotopic (exact) mass is 328 g/mol. The van der Waals surface area contributed by atoms with E-state index in [-0.39, 0.29) is 12.1 Å². The number of aryl methyl sites for hydroxylation is 1. The van der Waals surface area contributed by atoms with Crippen molar-refractivity contribution in [3.05, 3.63) is 54.0 Å². The Labute approximate surface area is 142 Å². The largest absolute Gasteiger partial charge is 0.467 e. The highest BCUT2D eigenvalue weighted by molar-refractivity contribution is 5.90. The standard InChI is InChI=1S/C19H24N2O3/c1-2-14-7-3-4-9-16(14)20-19(23)21-11-5-8-15(21)13-17(22)18-10-6-12-24-18/h3-4,6-7,9-10,12,15,17,22H,2,5,8,11,13H2,1H3,(H,20,23). The zero-order chi connectivity index (χ0) is 16.9. The third-order valence-corrected chi connectivity index (χ3v) is 4.64. The van der Waals surface area contributed by atoms with Crippen LogP contribution in [-0.2, 0) is 6.42 Å². The topological polar surface area (TPSA) is 65.7 Å². The Balaban J connectivity index is 1.65. The van der Waals surface area contributed by atoms with Crippen LogP contribution in [0, 0.1) is 0 Å². The molecular weight excluding hydrogens is 304 g/mol. The summed E-state index contributed by atoms with van der Waals surface area (Å²) in [5.74, 6) is 0.554. The van der Waals surface area contributed by atoms with Crippen LogP contribution >= 0.6 is 0 Å². The maximum Gasteiger partial charge on any atom is 0.322 e. The van der Waals surface area contributed by atoms with Crippen LogP contribution < -0.4 is 5.32 Å². The van der Waals surface area contributed by atoms with Crippen molar-refractivity contribution < 1.29 is 14.3 Å². The Bertz CT molecular complexity index is 669. The number of urea groups is 1. The van der Waals surface area contributed by atoms with E-state index in [1.807, 2.05) is 29.2 Å². The molecule has 5 nitrogen and oxygen atoms in total. The minimum atomic E-state index is -0.679. The second kappa shape index (κ2) is 7.53. The SMILES string of the molecule is CCc1ccccc1NC(=O)N1CCCC1CC(O)c1ccco1. The van der Waals surface area contributed by atoms with Gasteiger partial charge in [-0.1, -0.05) is 25.1 Å². The number of hydrogen-bond donors (Lipinski definition) is 2. The summed E-state index contributed by atoms with van der Waals surface area (Å²) in [5.41, 5.74) is 1.99. The molecule has 2 N–H and O–H groups in total. The van der Waals surface area contributed by atoms with Crippen molar-refractivity contribution in [2.24, 2.45) is 0 Å². The van der Waals surface area contributed by atoms with Gasteiger partial charge in [0.25, 0.3) is 0 Å². The molecule has 5 heteroatoms. The Hall–Kier alpha value is -2.27. The summed E-state index contributed by atoms with van der Waals surface area (Å²) in [5, 5.41) is 13.3. The fourth-order valence-electron chi connectivity index (χ4n) is 3.34. The van der Waals surface area contributed by atoms with Gasteiger partial charge in [-0.3, -0.25) is 0 Å². The number of carbonyl (C=O) groups excluding carboxylic acids is 1. The summed E-state index contributed by atoms with van der Waals surface area (Å²) in [6, 6.07) is 11.3. The lowest BCUT2D eigenvalue weighted by Crippen LogP contribution is -2.39. The van der Waals surface area contributed by atoms with Crippen LogP contribution in [0.25, 0.3) is 0 Å². The number of furan rings is 1. The minimum Gasteiger partial charge on any atom is -0.467 e. The summed E-state index contributed by atoms with van der Waals surface area (Å²) in [6.07, 6.45) is 4.10. The highest BCUT2D eigenvalue weighted by Crippen LogP contribution is 2.28. The first-order valence-corrected chi connectivity index (χ1v) is 8.56. The van der Waals surface area contributed by atoms with E-state index in [9.17, 15) is 9.90 Å². The second-order valence-electron chi connectivity index (χ2n) is 6.20. The third kappa shape index (κ3) is 3.62. The van der Waals surface area contributed by atoms with Crippen LogP contribution in [0.3, 0.4) is 0 Å². The molecule has 0 saturated carbocycles. The van der Waals surface area contributed by atoms with Crippen molar-refractivity contribution in [3.8, 4) is 0 Å². The number of amides is 2. The molecule has 1 aromatic carbocycles. The molecule has 0 spiro atoms. The molecule has 1 fully saturated rings. The first-order chi connectivity index (χ1) is 11.7. The van der Waals surface area contributed by atoms with E-state index in [2.05, 4.69) is 12.2 Å². The smallest absolute Gasteiger partial charge is 0.322 e. The summed E-state index contributed by atoms with van der Waals surface area (Å²) in [6.45, 7) is 2.79. The predicted octanol–water partition coefficient (Wildman–Crippen LogP) is 3.96. The lowest BCUT2D eigenvalue weighted by molar-refractivity contribution is 0.110. The summed E-state index contributed by atoms with van der Waals surface area (Å²) >= 11 is 0. The highest BCUT2D eigenvalue weighted by Gasteiger charge is 2.31. The maximum atomic E-state index is 12.7. The van der Waals surface area contributed by atoms with Crippen LogP contribution in [0.5, 0.6) is 0 Å². The van der Waals surface area contributed by atoms with Crippen LogP contribution in [0.1, 0.15) is 43.6 Å². The van der Waals surface area contributed by atoms with Crippen molar-refractivity contribution in [1.29, 1.82) is 0 Å². The van der Waals surface area contributed by atoms with E-state index in [0.29, 0.717) is 12.2 Å². The van der Waals surface area contributed by atoms with E-state index in [0.717, 1.165) is 37.1 Å². The number of nitrogens with zero attached hydrogens (tertiary/aromatic N) is 1. The molecular formula is C19H24N2O3. The molecule has 2 atom stereocenters. The zero-order valence-corrected chi connectivity index (χ0v) is 13.9. The highest BCUT2D eigenvalue weighted by atomic mass is 16.4. The molecule has 1 aliphatic heterocycles. The number of benzene rings is 1. The number of carbonyl (C=O) groups is 1. The van der Waals surface area contributed by atoms with Crippen LogP contribution in [0.15, 0.2) is 47.1 Å². The Morgan fingerprint density at radius 1 is 1.38 bits per heavy atom. The third-order valence-electron chi connectivity index (χ3n) is 4.64. The molecule has 2 amide bonds. The molecule has 1 aromatic heterocycles. The Kier molecular flexibility index (Phi) is 5.20. The summed E-state index contributed by atoms with van der Waals surface area (Å²) in [7, 11) is 0. The van der Waals surface area contributed by atoms with Gasteiger partial charge in [0, 0.05) is 24.7 Å². The fourth-order valence-corrected chi connectivity index (χ4v) is 3.34. The average molecular weight is 328 g/mol. The van der Waals surface area contributed by atoms with Crippen molar-refractivity contribution in [3.63, 3.8) is 0 Å². The minimum absolute atomic E-state index is 0.0267. The normalized spacial score (nSPS) is 18.6. The number of aliphatic hydroxyl groups is 1. The fraction of sp³-hybridized carbons (Fsp3) is 0.421. The predicted molar refractivity (Wildman–Crippen MR) is 92.9 cm³/mol. The average Bonchev–Trinajstić information content (AvgIpc) is 3.27. The molecule has 1 saturated heterocycles. The molecule has 1 aliphatic rings. The van der Waals surface area contributed by atoms with Gasteiger partial charge in [0.15, 0.2) is 0 Å². The van der Waals surface area contributed by atoms with Crippen LogP contribution in [0.4, 0.5) is 10.5 Å². The van der Waals surface area contributed by atoms with Gasteiger partial charge in [-0.05, 0) is 43.0 Å². The van der Waals surface area contributed by atoms with Gasteiger partial charge < -0.3 is 19.7 Å². The van der Waals surface area contributed by atoms with Crippen molar-refractivity contribution in [2.75, 3.05) is 11.9 Å². The molecule has 2 aromatic rings. The lowest BCUT2D eigenvalue weighted by Gasteiger charge is -2.26. The molecule has 3 rings (SSSR count). The lowest BCUT2D eigenvalue weighted by atomic mass is 10.1. The zero-order valence-electron chi connectivity index (χ0n) is 13.9. The van der Waals surface area contributed by atoms with Gasteiger partial charge in [0.1, 0.15) is 11.9 Å². The van der Waals surface area contributed by atoms with E-state index in [4.69, 9.17) is 4.42 Å². The number of nitrogens with one attached hydrogen (secondary N) is 1. The maximum absolute atomic E-state index is 12.7. The number of hydrogen-bond acceptors (Lipinski definition) is 3. The Morgan fingerprint density at radius 2 is 2.21 bits per heavy atom. The number of likely N-dealkylation sites (tertiary alicyclic amines) is 1. The van der Waals surface area contributed by atoms with Gasteiger partial charge in [-0.2, -0.15) is 0 Å². The Morgan fingerprint density at radius 3 is 2.96 bits per heavy atom. The summed E-state index contributed by atoms with van der Waals surface area (Å²) < 4.78 is 5.26. The quantitative estimate of drug-likeness (QED) is 0.873. The van der Waals surface area contributed by atoms with Crippen molar-refractivity contribution in [2.45, 2.75) is 44.8 Å². The van der Waals surface area contributed by atoms with Crippen LogP contribution in [0.2, 0.25) is 0 Å². The van der Waals surface area contributed by atoms with E-state index in [1.54, 1.807) is 18.4 Å². The van der Waals surface area contributed by atoms with Crippen LogP contribution in [-0.4, -0.2) is 28.6 Å². The number of aliphatic hydroxyl groups excluding tert-OH is 1. The molecule has 0 aliphatic carbocycles. The molecule has 0 radical (unpaired) electrons.